The smallest absolute Gasteiger partial charge is 0.244 e. The molecule has 0 aromatic heterocycles. The highest BCUT2D eigenvalue weighted by atomic mass is 35.5. The number of nitrogens with zero attached hydrogens (tertiary/aromatic N) is 1. The fraction of sp³-hybridized carbons (Fsp3) is 0.571. The molecule has 1 aromatic carbocycles. The topological polar surface area (TPSA) is 63.4 Å². The SMILES string of the molecule is CC1(C)CCCN(S(=O)(=O)c2ccc(N)cc2Cl)CC1. The Morgan fingerprint density at radius 3 is 2.60 bits per heavy atom. The molecule has 0 amide bonds. The van der Waals surface area contributed by atoms with Crippen LogP contribution in [-0.2, 0) is 10.0 Å². The van der Waals surface area contributed by atoms with Crippen molar-refractivity contribution in [3.05, 3.63) is 23.2 Å². The lowest BCUT2D eigenvalue weighted by Crippen LogP contribution is -2.32. The Morgan fingerprint density at radius 1 is 1.25 bits per heavy atom. The molecule has 0 bridgehead atoms. The molecule has 0 atom stereocenters. The summed E-state index contributed by atoms with van der Waals surface area (Å²) in [5.41, 5.74) is 6.27. The number of anilines is 1. The molecule has 0 radical (unpaired) electrons. The maximum Gasteiger partial charge on any atom is 0.244 e. The Kier molecular flexibility index (Phi) is 4.33. The molecule has 1 aromatic rings. The van der Waals surface area contributed by atoms with E-state index in [-0.39, 0.29) is 15.3 Å². The molecule has 6 heteroatoms. The molecule has 2 N–H and O–H groups in total. The predicted molar refractivity (Wildman–Crippen MR) is 82.3 cm³/mol. The number of hydrogen-bond acceptors (Lipinski definition) is 3. The molecule has 112 valence electrons. The minimum atomic E-state index is -3.54. The molecular weight excluding hydrogens is 296 g/mol. The summed E-state index contributed by atoms with van der Waals surface area (Å²) in [6.45, 7) is 5.45. The van der Waals surface area contributed by atoms with Gasteiger partial charge in [0.25, 0.3) is 0 Å². The van der Waals surface area contributed by atoms with Crippen molar-refractivity contribution in [2.24, 2.45) is 5.41 Å². The number of benzene rings is 1. The molecule has 1 aliphatic heterocycles. The fourth-order valence-electron chi connectivity index (χ4n) is 2.50. The van der Waals surface area contributed by atoms with E-state index >= 15 is 0 Å². The van der Waals surface area contributed by atoms with Crippen molar-refractivity contribution < 1.29 is 8.42 Å². The standard InChI is InChI=1S/C14H21ClN2O2S/c1-14(2)6-3-8-17(9-7-14)20(18,19)13-5-4-11(16)10-12(13)15/h4-5,10H,3,6-9,16H2,1-2H3. The van der Waals surface area contributed by atoms with Crippen LogP contribution in [0.3, 0.4) is 0 Å². The summed E-state index contributed by atoms with van der Waals surface area (Å²) in [5, 5.41) is 0.188. The van der Waals surface area contributed by atoms with Crippen molar-refractivity contribution in [2.45, 2.75) is 38.0 Å². The van der Waals surface area contributed by atoms with Crippen LogP contribution in [0.25, 0.3) is 0 Å². The highest BCUT2D eigenvalue weighted by Gasteiger charge is 2.31. The lowest BCUT2D eigenvalue weighted by molar-refractivity contribution is 0.315. The Balaban J connectivity index is 2.30. The van der Waals surface area contributed by atoms with E-state index in [1.807, 2.05) is 0 Å². The van der Waals surface area contributed by atoms with Crippen LogP contribution in [0.1, 0.15) is 33.1 Å². The summed E-state index contributed by atoms with van der Waals surface area (Å²) in [4.78, 5) is 0.146. The van der Waals surface area contributed by atoms with Crippen LogP contribution in [-0.4, -0.2) is 25.8 Å². The lowest BCUT2D eigenvalue weighted by Gasteiger charge is -2.23. The maximum absolute atomic E-state index is 12.7. The third kappa shape index (κ3) is 3.27. The molecule has 0 saturated carbocycles. The molecular formula is C14H21ClN2O2S. The van der Waals surface area contributed by atoms with E-state index in [1.54, 1.807) is 10.4 Å². The first-order valence-electron chi connectivity index (χ1n) is 6.78. The van der Waals surface area contributed by atoms with Crippen LogP contribution in [0.2, 0.25) is 5.02 Å². The molecule has 1 aliphatic rings. The number of nitrogen functional groups attached to an aromatic ring is 1. The van der Waals surface area contributed by atoms with Crippen LogP contribution < -0.4 is 5.73 Å². The average molecular weight is 317 g/mol. The molecule has 2 rings (SSSR count). The van der Waals surface area contributed by atoms with Gasteiger partial charge in [-0.3, -0.25) is 0 Å². The zero-order valence-electron chi connectivity index (χ0n) is 11.9. The van der Waals surface area contributed by atoms with E-state index < -0.39 is 10.0 Å². The van der Waals surface area contributed by atoms with Gasteiger partial charge in [0, 0.05) is 18.8 Å². The highest BCUT2D eigenvalue weighted by Crippen LogP contribution is 2.33. The second-order valence-electron chi connectivity index (χ2n) is 6.11. The van der Waals surface area contributed by atoms with Crippen LogP contribution in [0.15, 0.2) is 23.1 Å². The summed E-state index contributed by atoms with van der Waals surface area (Å²) >= 11 is 6.04. The Hall–Kier alpha value is -0.780. The molecule has 20 heavy (non-hydrogen) atoms. The normalized spacial score (nSPS) is 20.6. The first-order chi connectivity index (χ1) is 9.22. The summed E-state index contributed by atoms with van der Waals surface area (Å²) < 4.78 is 26.9. The van der Waals surface area contributed by atoms with Gasteiger partial charge in [0.05, 0.1) is 5.02 Å². The van der Waals surface area contributed by atoms with Gasteiger partial charge in [0.2, 0.25) is 10.0 Å². The quantitative estimate of drug-likeness (QED) is 0.853. The summed E-state index contributed by atoms with van der Waals surface area (Å²) in [6, 6.07) is 4.54. The summed E-state index contributed by atoms with van der Waals surface area (Å²) in [5.74, 6) is 0. The number of rotatable bonds is 2. The van der Waals surface area contributed by atoms with Gasteiger partial charge >= 0.3 is 0 Å². The van der Waals surface area contributed by atoms with Gasteiger partial charge in [-0.2, -0.15) is 4.31 Å². The average Bonchev–Trinajstić information content (AvgIpc) is 2.50. The molecule has 0 aliphatic carbocycles. The summed E-state index contributed by atoms with van der Waals surface area (Å²) in [6.07, 6.45) is 2.77. The highest BCUT2D eigenvalue weighted by molar-refractivity contribution is 7.89. The summed E-state index contributed by atoms with van der Waals surface area (Å²) in [7, 11) is -3.54. The van der Waals surface area contributed by atoms with E-state index in [4.69, 9.17) is 17.3 Å². The Labute approximate surface area is 126 Å². The molecule has 4 nitrogen and oxygen atoms in total. The number of halogens is 1. The van der Waals surface area contributed by atoms with E-state index in [2.05, 4.69) is 13.8 Å². The molecule has 1 fully saturated rings. The van der Waals surface area contributed by atoms with Gasteiger partial charge in [-0.25, -0.2) is 8.42 Å². The van der Waals surface area contributed by atoms with Crippen molar-refractivity contribution in [3.63, 3.8) is 0 Å². The van der Waals surface area contributed by atoms with Gasteiger partial charge in [0.1, 0.15) is 4.90 Å². The molecule has 1 heterocycles. The van der Waals surface area contributed by atoms with Crippen LogP contribution in [0.5, 0.6) is 0 Å². The van der Waals surface area contributed by atoms with E-state index in [0.29, 0.717) is 18.8 Å². The number of nitrogens with two attached hydrogens (primary N) is 1. The Bertz CT molecular complexity index is 599. The van der Waals surface area contributed by atoms with Gasteiger partial charge < -0.3 is 5.73 Å². The van der Waals surface area contributed by atoms with Crippen molar-refractivity contribution >= 4 is 27.3 Å². The number of hydrogen-bond donors (Lipinski definition) is 1. The predicted octanol–water partition coefficient (Wildman–Crippen LogP) is 3.12. The fourth-order valence-corrected chi connectivity index (χ4v) is 4.51. The first kappa shape index (κ1) is 15.6. The second kappa shape index (κ2) is 5.54. The van der Waals surface area contributed by atoms with Crippen molar-refractivity contribution in [1.29, 1.82) is 0 Å². The Morgan fingerprint density at radius 2 is 1.95 bits per heavy atom. The van der Waals surface area contributed by atoms with Crippen molar-refractivity contribution in [2.75, 3.05) is 18.8 Å². The minimum absolute atomic E-state index is 0.146. The van der Waals surface area contributed by atoms with Gasteiger partial charge in [0.15, 0.2) is 0 Å². The van der Waals surface area contributed by atoms with E-state index in [9.17, 15) is 8.42 Å². The molecule has 0 unspecified atom stereocenters. The largest absolute Gasteiger partial charge is 0.399 e. The van der Waals surface area contributed by atoms with Crippen molar-refractivity contribution in [1.82, 2.24) is 4.31 Å². The van der Waals surface area contributed by atoms with Crippen LogP contribution in [0.4, 0.5) is 5.69 Å². The zero-order chi connectivity index (χ0) is 15.0. The second-order valence-corrected chi connectivity index (χ2v) is 8.43. The zero-order valence-corrected chi connectivity index (χ0v) is 13.5. The van der Waals surface area contributed by atoms with Gasteiger partial charge in [-0.15, -0.1) is 0 Å². The third-order valence-corrected chi connectivity index (χ3v) is 6.25. The first-order valence-corrected chi connectivity index (χ1v) is 8.59. The van der Waals surface area contributed by atoms with Crippen molar-refractivity contribution in [3.8, 4) is 0 Å². The van der Waals surface area contributed by atoms with E-state index in [0.717, 1.165) is 19.3 Å². The minimum Gasteiger partial charge on any atom is -0.399 e. The monoisotopic (exact) mass is 316 g/mol. The lowest BCUT2D eigenvalue weighted by atomic mass is 9.85. The van der Waals surface area contributed by atoms with Gasteiger partial charge in [-0.1, -0.05) is 25.4 Å². The van der Waals surface area contributed by atoms with Crippen LogP contribution >= 0.6 is 11.6 Å². The maximum atomic E-state index is 12.7. The van der Waals surface area contributed by atoms with Crippen LogP contribution in [0, 0.1) is 5.41 Å². The number of sulfonamides is 1. The molecule has 0 spiro atoms. The van der Waals surface area contributed by atoms with E-state index in [1.165, 1.54) is 12.1 Å². The van der Waals surface area contributed by atoms with Gasteiger partial charge in [-0.05, 0) is 42.9 Å². The third-order valence-electron chi connectivity index (χ3n) is 3.87. The molecule has 1 saturated heterocycles.